The Morgan fingerprint density at radius 1 is 1.38 bits per heavy atom. The van der Waals surface area contributed by atoms with E-state index in [1.54, 1.807) is 25.1 Å². The number of benzene rings is 1. The molecule has 0 radical (unpaired) electrons. The Bertz CT molecular complexity index is 593. The molecular formula is C15H17ClF3NO4. The maximum atomic E-state index is 12.2. The van der Waals surface area contributed by atoms with Crippen LogP contribution < -0.4 is 10.1 Å². The quantitative estimate of drug-likeness (QED) is 0.691. The number of nitrogens with one attached hydrogen (secondary N) is 1. The summed E-state index contributed by atoms with van der Waals surface area (Å²) in [6, 6.07) is 3.04. The highest BCUT2D eigenvalue weighted by Crippen LogP contribution is 2.22. The van der Waals surface area contributed by atoms with E-state index in [1.165, 1.54) is 0 Å². The Hall–Kier alpha value is -1.96. The van der Waals surface area contributed by atoms with E-state index in [2.05, 4.69) is 0 Å². The number of aliphatic carboxylic acids is 1. The molecule has 1 rings (SSSR count). The molecule has 0 saturated carbocycles. The fraction of sp³-hybridized carbons (Fsp3) is 0.467. The molecule has 1 aromatic rings. The fourth-order valence-corrected chi connectivity index (χ4v) is 1.95. The highest BCUT2D eigenvalue weighted by molar-refractivity contribution is 6.31. The zero-order valence-electron chi connectivity index (χ0n) is 12.8. The third kappa shape index (κ3) is 7.54. The van der Waals surface area contributed by atoms with Gasteiger partial charge in [-0.3, -0.25) is 4.79 Å². The summed E-state index contributed by atoms with van der Waals surface area (Å²) in [5.41, 5.74) is 0.823. The van der Waals surface area contributed by atoms with Crippen molar-refractivity contribution in [3.63, 3.8) is 0 Å². The lowest BCUT2D eigenvalue weighted by Gasteiger charge is -2.16. The van der Waals surface area contributed by atoms with Crippen LogP contribution in [-0.2, 0) is 9.59 Å². The monoisotopic (exact) mass is 367 g/mol. The third-order valence-electron chi connectivity index (χ3n) is 3.02. The second kappa shape index (κ2) is 8.77. The molecule has 1 atom stereocenters. The molecule has 0 aliphatic carbocycles. The third-order valence-corrected chi connectivity index (χ3v) is 3.44. The van der Waals surface area contributed by atoms with Crippen molar-refractivity contribution < 1.29 is 32.6 Å². The predicted octanol–water partition coefficient (Wildman–Crippen LogP) is 3.33. The van der Waals surface area contributed by atoms with Gasteiger partial charge in [0.1, 0.15) is 11.8 Å². The van der Waals surface area contributed by atoms with E-state index in [4.69, 9.17) is 21.4 Å². The molecule has 1 aromatic carbocycles. The van der Waals surface area contributed by atoms with Crippen LogP contribution in [0.25, 0.3) is 0 Å². The SMILES string of the molecule is Cc1cc(OCCCC(=O)NC(CC(F)(F)F)C(=O)O)ccc1Cl. The molecule has 2 N–H and O–H groups in total. The van der Waals surface area contributed by atoms with Crippen molar-refractivity contribution in [3.05, 3.63) is 28.8 Å². The van der Waals surface area contributed by atoms with Gasteiger partial charge in [-0.2, -0.15) is 13.2 Å². The van der Waals surface area contributed by atoms with E-state index in [0.717, 1.165) is 5.56 Å². The number of rotatable bonds is 8. The molecule has 0 aliphatic heterocycles. The van der Waals surface area contributed by atoms with Crippen LogP contribution in [0.3, 0.4) is 0 Å². The number of aryl methyl sites for hydroxylation is 1. The minimum absolute atomic E-state index is 0.145. The van der Waals surface area contributed by atoms with Crippen LogP contribution >= 0.6 is 11.6 Å². The first-order valence-electron chi connectivity index (χ1n) is 7.06. The van der Waals surface area contributed by atoms with Gasteiger partial charge >= 0.3 is 12.1 Å². The standard InChI is InChI=1S/C15H17ClF3NO4/c1-9-7-10(4-5-11(9)16)24-6-2-3-13(21)20-12(14(22)23)8-15(17,18)19/h4-5,7,12H,2-3,6,8H2,1H3,(H,20,21)(H,22,23). The number of carbonyl (C=O) groups is 2. The lowest BCUT2D eigenvalue weighted by Crippen LogP contribution is -2.43. The van der Waals surface area contributed by atoms with Crippen molar-refractivity contribution >= 4 is 23.5 Å². The molecule has 0 aromatic heterocycles. The molecule has 0 spiro atoms. The Morgan fingerprint density at radius 3 is 2.58 bits per heavy atom. The molecule has 1 amide bonds. The first-order chi connectivity index (χ1) is 11.1. The highest BCUT2D eigenvalue weighted by Gasteiger charge is 2.36. The molecule has 134 valence electrons. The van der Waals surface area contributed by atoms with E-state index in [9.17, 15) is 22.8 Å². The van der Waals surface area contributed by atoms with Crippen LogP contribution in [0.5, 0.6) is 5.75 Å². The van der Waals surface area contributed by atoms with E-state index >= 15 is 0 Å². The average Bonchev–Trinajstić information content (AvgIpc) is 2.45. The van der Waals surface area contributed by atoms with Crippen molar-refractivity contribution in [2.45, 2.75) is 38.4 Å². The normalized spacial score (nSPS) is 12.5. The zero-order valence-corrected chi connectivity index (χ0v) is 13.6. The van der Waals surface area contributed by atoms with E-state index in [-0.39, 0.29) is 19.4 Å². The minimum Gasteiger partial charge on any atom is -0.494 e. The van der Waals surface area contributed by atoms with Crippen LogP contribution in [0.15, 0.2) is 18.2 Å². The first-order valence-corrected chi connectivity index (χ1v) is 7.44. The molecule has 0 bridgehead atoms. The number of alkyl halides is 3. The van der Waals surface area contributed by atoms with Gasteiger partial charge < -0.3 is 15.2 Å². The number of hydrogen-bond donors (Lipinski definition) is 2. The van der Waals surface area contributed by atoms with Gasteiger partial charge in [-0.05, 0) is 37.1 Å². The van der Waals surface area contributed by atoms with Crippen LogP contribution in [0.1, 0.15) is 24.8 Å². The summed E-state index contributed by atoms with van der Waals surface area (Å²) in [5, 5.41) is 11.1. The Morgan fingerprint density at radius 2 is 2.04 bits per heavy atom. The van der Waals surface area contributed by atoms with Crippen molar-refractivity contribution in [3.8, 4) is 5.75 Å². The number of carboxylic acid groups (broad SMARTS) is 1. The molecule has 0 aliphatic rings. The highest BCUT2D eigenvalue weighted by atomic mass is 35.5. The molecule has 0 fully saturated rings. The van der Waals surface area contributed by atoms with Gasteiger partial charge in [-0.25, -0.2) is 4.79 Å². The fourth-order valence-electron chi connectivity index (χ4n) is 1.83. The van der Waals surface area contributed by atoms with Gasteiger partial charge in [0.05, 0.1) is 13.0 Å². The summed E-state index contributed by atoms with van der Waals surface area (Å²) in [6.07, 6.45) is -6.21. The lowest BCUT2D eigenvalue weighted by molar-refractivity contribution is -0.160. The molecule has 24 heavy (non-hydrogen) atoms. The minimum atomic E-state index is -4.67. The number of carbonyl (C=O) groups excluding carboxylic acids is 1. The largest absolute Gasteiger partial charge is 0.494 e. The summed E-state index contributed by atoms with van der Waals surface area (Å²) in [7, 11) is 0. The maximum Gasteiger partial charge on any atom is 0.391 e. The van der Waals surface area contributed by atoms with Crippen molar-refractivity contribution in [1.82, 2.24) is 5.32 Å². The molecule has 0 saturated heterocycles. The summed E-state index contributed by atoms with van der Waals surface area (Å²) in [4.78, 5) is 22.3. The number of ether oxygens (including phenoxy) is 1. The molecule has 9 heteroatoms. The summed E-state index contributed by atoms with van der Waals surface area (Å²) < 4.78 is 42.1. The van der Waals surface area contributed by atoms with Crippen LogP contribution in [0.4, 0.5) is 13.2 Å². The Labute approximate surface area is 141 Å². The Kier molecular flexibility index (Phi) is 7.34. The predicted molar refractivity (Wildman–Crippen MR) is 81.2 cm³/mol. The number of amides is 1. The molecular weight excluding hydrogens is 351 g/mol. The first kappa shape index (κ1) is 20.1. The van der Waals surface area contributed by atoms with Gasteiger partial charge in [-0.1, -0.05) is 11.6 Å². The smallest absolute Gasteiger partial charge is 0.391 e. The molecule has 1 unspecified atom stereocenters. The average molecular weight is 368 g/mol. The number of hydrogen-bond acceptors (Lipinski definition) is 3. The lowest BCUT2D eigenvalue weighted by atomic mass is 10.2. The van der Waals surface area contributed by atoms with Gasteiger partial charge in [0.15, 0.2) is 0 Å². The second-order valence-corrected chi connectivity index (χ2v) is 5.55. The topological polar surface area (TPSA) is 75.6 Å². The maximum absolute atomic E-state index is 12.2. The second-order valence-electron chi connectivity index (χ2n) is 5.14. The summed E-state index contributed by atoms with van der Waals surface area (Å²) in [5.74, 6) is -1.95. The number of halogens is 4. The van der Waals surface area contributed by atoms with Gasteiger partial charge in [0.25, 0.3) is 0 Å². The Balaban J connectivity index is 2.37. The zero-order chi connectivity index (χ0) is 18.3. The van der Waals surface area contributed by atoms with Crippen molar-refractivity contribution in [1.29, 1.82) is 0 Å². The van der Waals surface area contributed by atoms with Gasteiger partial charge in [-0.15, -0.1) is 0 Å². The van der Waals surface area contributed by atoms with E-state index < -0.39 is 30.5 Å². The van der Waals surface area contributed by atoms with E-state index in [0.29, 0.717) is 10.8 Å². The number of carboxylic acids is 1. The van der Waals surface area contributed by atoms with Crippen molar-refractivity contribution in [2.75, 3.05) is 6.61 Å². The van der Waals surface area contributed by atoms with Gasteiger partial charge in [0, 0.05) is 11.4 Å². The molecule has 5 nitrogen and oxygen atoms in total. The summed E-state index contributed by atoms with van der Waals surface area (Å²) in [6.45, 7) is 1.96. The van der Waals surface area contributed by atoms with Gasteiger partial charge in [0.2, 0.25) is 5.91 Å². The van der Waals surface area contributed by atoms with Crippen LogP contribution in [-0.4, -0.2) is 35.8 Å². The summed E-state index contributed by atoms with van der Waals surface area (Å²) >= 11 is 5.87. The van der Waals surface area contributed by atoms with E-state index in [1.807, 2.05) is 5.32 Å². The van der Waals surface area contributed by atoms with Crippen LogP contribution in [0.2, 0.25) is 5.02 Å². The van der Waals surface area contributed by atoms with Crippen LogP contribution in [0, 0.1) is 6.92 Å². The molecule has 0 heterocycles. The van der Waals surface area contributed by atoms with Crippen molar-refractivity contribution in [2.24, 2.45) is 0 Å².